The molecule has 3 nitrogen and oxygen atoms in total. The number of unbranched alkanes of at least 4 members (excludes halogenated alkanes) is 2. The molecular formula is C12H13F3O3. The average molecular weight is 262 g/mol. The Balaban J connectivity index is 2.06. The standard InChI is InChI=1S/C12H13F3O3/c13-12(14,15)7-3-1-2-4-8-18-11(16)10-6-5-9-17-10/h3,5-7,9H,1-2,4,8H2/b7-3+. The lowest BCUT2D eigenvalue weighted by molar-refractivity contribution is -0.0800. The van der Waals surface area contributed by atoms with Gasteiger partial charge in [-0.15, -0.1) is 0 Å². The van der Waals surface area contributed by atoms with E-state index in [9.17, 15) is 18.0 Å². The van der Waals surface area contributed by atoms with E-state index in [-0.39, 0.29) is 18.4 Å². The number of allylic oxidation sites excluding steroid dienone is 2. The highest BCUT2D eigenvalue weighted by Crippen LogP contribution is 2.16. The molecular weight excluding hydrogens is 249 g/mol. The molecule has 1 aromatic heterocycles. The van der Waals surface area contributed by atoms with E-state index in [2.05, 4.69) is 0 Å². The number of esters is 1. The Morgan fingerprint density at radius 1 is 1.39 bits per heavy atom. The van der Waals surface area contributed by atoms with Crippen LogP contribution in [0.1, 0.15) is 29.8 Å². The van der Waals surface area contributed by atoms with E-state index in [1.807, 2.05) is 0 Å². The monoisotopic (exact) mass is 262 g/mol. The second-order valence-corrected chi connectivity index (χ2v) is 3.55. The quantitative estimate of drug-likeness (QED) is 0.445. The van der Waals surface area contributed by atoms with Crippen LogP contribution >= 0.6 is 0 Å². The van der Waals surface area contributed by atoms with E-state index in [1.165, 1.54) is 12.3 Å². The maximum absolute atomic E-state index is 11.7. The minimum absolute atomic E-state index is 0.118. The van der Waals surface area contributed by atoms with Gasteiger partial charge >= 0.3 is 12.1 Å². The molecule has 1 heterocycles. The van der Waals surface area contributed by atoms with Gasteiger partial charge in [-0.25, -0.2) is 4.79 Å². The Labute approximate surface area is 102 Å². The second-order valence-electron chi connectivity index (χ2n) is 3.55. The summed E-state index contributed by atoms with van der Waals surface area (Å²) >= 11 is 0. The number of hydrogen-bond acceptors (Lipinski definition) is 3. The number of ether oxygens (including phenoxy) is 1. The molecule has 0 saturated heterocycles. The molecule has 0 bridgehead atoms. The van der Waals surface area contributed by atoms with Gasteiger partial charge in [-0.05, 0) is 31.4 Å². The summed E-state index contributed by atoms with van der Waals surface area (Å²) in [6.07, 6.45) is -0.287. The lowest BCUT2D eigenvalue weighted by Gasteiger charge is -2.01. The highest BCUT2D eigenvalue weighted by molar-refractivity contribution is 5.86. The van der Waals surface area contributed by atoms with Crippen LogP contribution in [0.5, 0.6) is 0 Å². The largest absolute Gasteiger partial charge is 0.460 e. The fourth-order valence-electron chi connectivity index (χ4n) is 1.21. The first-order valence-electron chi connectivity index (χ1n) is 5.44. The zero-order chi connectivity index (χ0) is 13.4. The molecule has 0 radical (unpaired) electrons. The van der Waals surface area contributed by atoms with Gasteiger partial charge in [0.05, 0.1) is 12.9 Å². The van der Waals surface area contributed by atoms with Crippen LogP contribution in [0.4, 0.5) is 13.2 Å². The third kappa shape index (κ3) is 6.12. The van der Waals surface area contributed by atoms with Gasteiger partial charge in [0, 0.05) is 6.08 Å². The van der Waals surface area contributed by atoms with Crippen LogP contribution in [0.25, 0.3) is 0 Å². The molecule has 0 aromatic carbocycles. The zero-order valence-electron chi connectivity index (χ0n) is 9.57. The predicted molar refractivity (Wildman–Crippen MR) is 58.0 cm³/mol. The molecule has 0 N–H and O–H groups in total. The minimum Gasteiger partial charge on any atom is -0.460 e. The highest BCUT2D eigenvalue weighted by Gasteiger charge is 2.21. The molecule has 0 atom stereocenters. The van der Waals surface area contributed by atoms with E-state index in [4.69, 9.17) is 9.15 Å². The van der Waals surface area contributed by atoms with Crippen LogP contribution in [-0.2, 0) is 4.74 Å². The van der Waals surface area contributed by atoms with Crippen molar-refractivity contribution in [1.29, 1.82) is 0 Å². The maximum Gasteiger partial charge on any atom is 0.409 e. The Kier molecular flexibility index (Phi) is 5.48. The predicted octanol–water partition coefficient (Wildman–Crippen LogP) is 3.73. The number of rotatable bonds is 6. The van der Waals surface area contributed by atoms with Gasteiger partial charge in [0.1, 0.15) is 0 Å². The van der Waals surface area contributed by atoms with Crippen LogP contribution in [0, 0.1) is 0 Å². The van der Waals surface area contributed by atoms with Crippen LogP contribution in [-0.4, -0.2) is 18.8 Å². The fourth-order valence-corrected chi connectivity index (χ4v) is 1.21. The van der Waals surface area contributed by atoms with Crippen molar-refractivity contribution in [3.63, 3.8) is 0 Å². The molecule has 0 spiro atoms. The third-order valence-electron chi connectivity index (χ3n) is 2.03. The summed E-state index contributed by atoms with van der Waals surface area (Å²) < 4.78 is 44.9. The van der Waals surface area contributed by atoms with E-state index in [0.717, 1.165) is 6.08 Å². The van der Waals surface area contributed by atoms with E-state index < -0.39 is 12.1 Å². The fraction of sp³-hybridized carbons (Fsp3) is 0.417. The van der Waals surface area contributed by atoms with Gasteiger partial charge in [-0.3, -0.25) is 0 Å². The van der Waals surface area contributed by atoms with Crippen molar-refractivity contribution >= 4 is 5.97 Å². The third-order valence-corrected chi connectivity index (χ3v) is 2.03. The molecule has 0 saturated carbocycles. The molecule has 0 aliphatic rings. The van der Waals surface area contributed by atoms with Gasteiger partial charge in [-0.1, -0.05) is 6.08 Å². The second kappa shape index (κ2) is 6.88. The lowest BCUT2D eigenvalue weighted by Crippen LogP contribution is -2.05. The Morgan fingerprint density at radius 3 is 2.78 bits per heavy atom. The summed E-state index contributed by atoms with van der Waals surface area (Å²) in [4.78, 5) is 11.2. The topological polar surface area (TPSA) is 39.4 Å². The number of halogens is 3. The summed E-state index contributed by atoms with van der Waals surface area (Å²) in [5.74, 6) is -0.446. The Bertz CT molecular complexity index is 380. The first-order valence-corrected chi connectivity index (χ1v) is 5.44. The number of carbonyl (C=O) groups excluding carboxylic acids is 1. The van der Waals surface area contributed by atoms with Crippen LogP contribution in [0.15, 0.2) is 35.0 Å². The molecule has 6 heteroatoms. The number of hydrogen-bond donors (Lipinski definition) is 0. The van der Waals surface area contributed by atoms with Crippen molar-refractivity contribution in [2.24, 2.45) is 0 Å². The van der Waals surface area contributed by atoms with Crippen LogP contribution in [0.3, 0.4) is 0 Å². The summed E-state index contributed by atoms with van der Waals surface area (Å²) in [6.45, 7) is 0.166. The summed E-state index contributed by atoms with van der Waals surface area (Å²) in [5, 5.41) is 0. The minimum atomic E-state index is -4.26. The molecule has 0 aliphatic heterocycles. The van der Waals surface area contributed by atoms with Crippen molar-refractivity contribution < 1.29 is 27.1 Å². The van der Waals surface area contributed by atoms with Gasteiger partial charge < -0.3 is 9.15 Å². The molecule has 0 fully saturated rings. The highest BCUT2D eigenvalue weighted by atomic mass is 19.4. The summed E-state index contributed by atoms with van der Waals surface area (Å²) in [7, 11) is 0. The van der Waals surface area contributed by atoms with E-state index >= 15 is 0 Å². The molecule has 1 rings (SSSR count). The normalized spacial score (nSPS) is 11.9. The molecule has 0 unspecified atom stereocenters. The maximum atomic E-state index is 11.7. The van der Waals surface area contributed by atoms with Crippen molar-refractivity contribution in [2.45, 2.75) is 25.4 Å². The van der Waals surface area contributed by atoms with Crippen molar-refractivity contribution in [3.8, 4) is 0 Å². The van der Waals surface area contributed by atoms with E-state index in [0.29, 0.717) is 19.3 Å². The molecule has 100 valence electrons. The number of furan rings is 1. The molecule has 18 heavy (non-hydrogen) atoms. The van der Waals surface area contributed by atoms with Crippen molar-refractivity contribution in [3.05, 3.63) is 36.3 Å². The SMILES string of the molecule is O=C(OCCCC/C=C/C(F)(F)F)c1ccco1. The van der Waals surface area contributed by atoms with Crippen molar-refractivity contribution in [2.75, 3.05) is 6.61 Å². The summed E-state index contributed by atoms with van der Waals surface area (Å²) in [5.41, 5.74) is 0. The van der Waals surface area contributed by atoms with Gasteiger partial charge in [0.25, 0.3) is 0 Å². The number of carbonyl (C=O) groups is 1. The Morgan fingerprint density at radius 2 is 2.17 bits per heavy atom. The van der Waals surface area contributed by atoms with Gasteiger partial charge in [-0.2, -0.15) is 13.2 Å². The molecule has 0 aliphatic carbocycles. The van der Waals surface area contributed by atoms with Gasteiger partial charge in [0.15, 0.2) is 0 Å². The average Bonchev–Trinajstić information content (AvgIpc) is 2.79. The van der Waals surface area contributed by atoms with Crippen molar-refractivity contribution in [1.82, 2.24) is 0 Å². The summed E-state index contributed by atoms with van der Waals surface area (Å²) in [6, 6.07) is 3.05. The first-order chi connectivity index (χ1) is 8.49. The number of alkyl halides is 3. The molecule has 1 aromatic rings. The zero-order valence-corrected chi connectivity index (χ0v) is 9.57. The van der Waals surface area contributed by atoms with E-state index in [1.54, 1.807) is 6.07 Å². The molecule has 0 amide bonds. The van der Waals surface area contributed by atoms with Crippen LogP contribution < -0.4 is 0 Å². The van der Waals surface area contributed by atoms with Crippen LogP contribution in [0.2, 0.25) is 0 Å². The Hall–Kier alpha value is -1.72. The van der Waals surface area contributed by atoms with Gasteiger partial charge in [0.2, 0.25) is 5.76 Å². The first kappa shape index (κ1) is 14.3. The lowest BCUT2D eigenvalue weighted by atomic mass is 10.2. The smallest absolute Gasteiger partial charge is 0.409 e.